The van der Waals surface area contributed by atoms with E-state index in [9.17, 15) is 8.78 Å². The van der Waals surface area contributed by atoms with Gasteiger partial charge in [-0.3, -0.25) is 0 Å². The summed E-state index contributed by atoms with van der Waals surface area (Å²) in [7, 11) is 0. The van der Waals surface area contributed by atoms with Gasteiger partial charge in [-0.25, -0.2) is 8.78 Å². The lowest BCUT2D eigenvalue weighted by Gasteiger charge is -2.08. The Labute approximate surface area is 85.1 Å². The molecule has 0 heterocycles. The molecule has 0 saturated heterocycles. The van der Waals surface area contributed by atoms with E-state index in [2.05, 4.69) is 10.0 Å². The number of aryl methyl sites for hydroxylation is 1. The van der Waals surface area contributed by atoms with Crippen LogP contribution in [0.15, 0.2) is 23.3 Å². The number of rotatable bonds is 4. The minimum absolute atomic E-state index is 0.174. The number of halogens is 2. The van der Waals surface area contributed by atoms with Crippen molar-refractivity contribution < 1.29 is 13.5 Å². The molecule has 0 aliphatic carbocycles. The highest BCUT2D eigenvalue weighted by atomic mass is 19.3. The summed E-state index contributed by atoms with van der Waals surface area (Å²) in [5.41, 5.74) is 9.30. The maximum atomic E-state index is 11.9. The molecule has 0 bridgehead atoms. The summed E-state index contributed by atoms with van der Waals surface area (Å²) in [4.78, 5) is 2.58. The van der Waals surface area contributed by atoms with Crippen LogP contribution in [-0.2, 0) is 0 Å². The molecule has 0 aliphatic heterocycles. The van der Waals surface area contributed by atoms with Gasteiger partial charge in [0, 0.05) is 4.91 Å². The van der Waals surface area contributed by atoms with Crippen LogP contribution in [0, 0.1) is 6.92 Å². The van der Waals surface area contributed by atoms with E-state index in [0.29, 0.717) is 0 Å². The van der Waals surface area contributed by atoms with Gasteiger partial charge in [-0.2, -0.15) is 0 Å². The number of alkyl halides is 2. The van der Waals surface area contributed by atoms with E-state index in [1.165, 1.54) is 6.07 Å². The quantitative estimate of drug-likeness (QED) is 0.428. The van der Waals surface area contributed by atoms with Crippen molar-refractivity contribution in [3.63, 3.8) is 0 Å². The van der Waals surface area contributed by atoms with E-state index in [1.54, 1.807) is 19.1 Å². The minimum Gasteiger partial charge on any atom is -0.487 e. The zero-order valence-electron chi connectivity index (χ0n) is 8.02. The van der Waals surface area contributed by atoms with Crippen LogP contribution in [0.25, 0.3) is 10.4 Å². The number of hydrogen-bond donors (Lipinski definition) is 0. The van der Waals surface area contributed by atoms with Gasteiger partial charge in [-0.1, -0.05) is 11.2 Å². The fourth-order valence-electron chi connectivity index (χ4n) is 1.02. The summed E-state index contributed by atoms with van der Waals surface area (Å²) in [6.45, 7) is 1.08. The topological polar surface area (TPSA) is 58.0 Å². The van der Waals surface area contributed by atoms with Crippen molar-refractivity contribution in [3.05, 3.63) is 34.2 Å². The third kappa shape index (κ3) is 3.44. The van der Waals surface area contributed by atoms with Crippen molar-refractivity contribution in [2.45, 2.75) is 13.3 Å². The molecule has 0 fully saturated rings. The molecular weight excluding hydrogens is 204 g/mol. The fraction of sp³-hybridized carbons (Fsp3) is 0.333. The van der Waals surface area contributed by atoms with E-state index >= 15 is 0 Å². The van der Waals surface area contributed by atoms with Crippen molar-refractivity contribution in [1.82, 2.24) is 0 Å². The molecule has 0 atom stereocenters. The van der Waals surface area contributed by atoms with Crippen LogP contribution in [0.5, 0.6) is 5.75 Å². The molecule has 0 spiro atoms. The maximum absolute atomic E-state index is 11.9. The Bertz CT molecular complexity index is 389. The maximum Gasteiger partial charge on any atom is 0.272 e. The van der Waals surface area contributed by atoms with Crippen LogP contribution < -0.4 is 4.74 Å². The summed E-state index contributed by atoms with van der Waals surface area (Å²) in [6.07, 6.45) is -2.55. The number of benzene rings is 1. The average Bonchev–Trinajstić information content (AvgIpc) is 2.18. The van der Waals surface area contributed by atoms with E-state index in [0.717, 1.165) is 5.56 Å². The van der Waals surface area contributed by atoms with E-state index in [1.807, 2.05) is 0 Å². The zero-order chi connectivity index (χ0) is 11.3. The first-order chi connectivity index (χ1) is 7.13. The van der Waals surface area contributed by atoms with Crippen LogP contribution in [0.3, 0.4) is 0 Å². The fourth-order valence-corrected chi connectivity index (χ4v) is 1.02. The predicted octanol–water partition coefficient (Wildman–Crippen LogP) is 3.58. The summed E-state index contributed by atoms with van der Waals surface area (Å²) in [5, 5.41) is 3.34. The number of nitrogens with zero attached hydrogens (tertiary/aromatic N) is 3. The molecule has 80 valence electrons. The van der Waals surface area contributed by atoms with Crippen molar-refractivity contribution in [2.24, 2.45) is 5.11 Å². The lowest BCUT2D eigenvalue weighted by Crippen LogP contribution is -2.07. The first-order valence-corrected chi connectivity index (χ1v) is 4.20. The Kier molecular flexibility index (Phi) is 3.88. The summed E-state index contributed by atoms with van der Waals surface area (Å²) >= 11 is 0. The van der Waals surface area contributed by atoms with Gasteiger partial charge >= 0.3 is 0 Å². The first-order valence-electron chi connectivity index (χ1n) is 4.20. The molecule has 1 aromatic rings. The normalized spacial score (nSPS) is 9.87. The largest absolute Gasteiger partial charge is 0.487 e. The Morgan fingerprint density at radius 1 is 1.53 bits per heavy atom. The molecule has 1 rings (SSSR count). The molecule has 0 aliphatic rings. The number of hydrogen-bond acceptors (Lipinski definition) is 2. The van der Waals surface area contributed by atoms with Gasteiger partial charge in [0.25, 0.3) is 6.43 Å². The van der Waals surface area contributed by atoms with Crippen molar-refractivity contribution in [1.29, 1.82) is 0 Å². The van der Waals surface area contributed by atoms with Crippen molar-refractivity contribution in [3.8, 4) is 5.75 Å². The predicted molar refractivity (Wildman–Crippen MR) is 51.5 cm³/mol. The van der Waals surface area contributed by atoms with Gasteiger partial charge in [-0.15, -0.1) is 0 Å². The Hall–Kier alpha value is -1.81. The first kappa shape index (κ1) is 11.3. The minimum atomic E-state index is -2.55. The molecule has 0 unspecified atom stereocenters. The molecule has 0 N–H and O–H groups in total. The monoisotopic (exact) mass is 213 g/mol. The summed E-state index contributed by atoms with van der Waals surface area (Å²) < 4.78 is 28.6. The van der Waals surface area contributed by atoms with E-state index in [-0.39, 0.29) is 11.4 Å². The Balaban J connectivity index is 2.91. The molecule has 15 heavy (non-hydrogen) atoms. The highest BCUT2D eigenvalue weighted by molar-refractivity contribution is 5.53. The van der Waals surface area contributed by atoms with E-state index in [4.69, 9.17) is 10.3 Å². The van der Waals surface area contributed by atoms with Gasteiger partial charge in [0.2, 0.25) is 0 Å². The van der Waals surface area contributed by atoms with Crippen molar-refractivity contribution >= 4 is 5.69 Å². The smallest absolute Gasteiger partial charge is 0.272 e. The standard InChI is InChI=1S/C9H9F2N3O/c1-6-2-3-7(13-14-12)8(4-6)15-5-9(10)11/h2-4,9H,5H2,1H3. The van der Waals surface area contributed by atoms with Crippen LogP contribution in [0.4, 0.5) is 14.5 Å². The van der Waals surface area contributed by atoms with Gasteiger partial charge < -0.3 is 4.74 Å². The molecule has 4 nitrogen and oxygen atoms in total. The van der Waals surface area contributed by atoms with Crippen LogP contribution >= 0.6 is 0 Å². The molecule has 6 heteroatoms. The SMILES string of the molecule is Cc1ccc(N=[N+]=[N-])c(OCC(F)F)c1. The molecular formula is C9H9F2N3O. The van der Waals surface area contributed by atoms with E-state index < -0.39 is 13.0 Å². The molecule has 0 aromatic heterocycles. The molecule has 0 radical (unpaired) electrons. The second-order valence-electron chi connectivity index (χ2n) is 2.86. The van der Waals surface area contributed by atoms with Gasteiger partial charge in [0.05, 0.1) is 5.69 Å². The Morgan fingerprint density at radius 3 is 2.87 bits per heavy atom. The highest BCUT2D eigenvalue weighted by Gasteiger charge is 2.07. The second-order valence-corrected chi connectivity index (χ2v) is 2.86. The lowest BCUT2D eigenvalue weighted by atomic mass is 10.2. The second kappa shape index (κ2) is 5.17. The van der Waals surface area contributed by atoms with Crippen LogP contribution in [0.2, 0.25) is 0 Å². The number of ether oxygens (including phenoxy) is 1. The van der Waals surface area contributed by atoms with Crippen molar-refractivity contribution in [2.75, 3.05) is 6.61 Å². The van der Waals surface area contributed by atoms with Crippen LogP contribution in [0.1, 0.15) is 5.56 Å². The highest BCUT2D eigenvalue weighted by Crippen LogP contribution is 2.28. The zero-order valence-corrected chi connectivity index (χ0v) is 8.02. The molecule has 1 aromatic carbocycles. The van der Waals surface area contributed by atoms with Gasteiger partial charge in [-0.05, 0) is 30.2 Å². The lowest BCUT2D eigenvalue weighted by molar-refractivity contribution is 0.0822. The number of azide groups is 1. The average molecular weight is 213 g/mol. The molecule has 0 saturated carbocycles. The van der Waals surface area contributed by atoms with Gasteiger partial charge in [0.1, 0.15) is 12.4 Å². The third-order valence-electron chi connectivity index (χ3n) is 1.63. The third-order valence-corrected chi connectivity index (χ3v) is 1.63. The summed E-state index contributed by atoms with van der Waals surface area (Å²) in [5.74, 6) is 0.174. The Morgan fingerprint density at radius 2 is 2.27 bits per heavy atom. The molecule has 0 amide bonds. The van der Waals surface area contributed by atoms with Crippen LogP contribution in [-0.4, -0.2) is 13.0 Å². The summed E-state index contributed by atoms with van der Waals surface area (Å²) in [6, 6.07) is 4.78. The van der Waals surface area contributed by atoms with Gasteiger partial charge in [0.15, 0.2) is 0 Å².